The van der Waals surface area contributed by atoms with Crippen LogP contribution in [0.5, 0.6) is 5.75 Å². The summed E-state index contributed by atoms with van der Waals surface area (Å²) in [5, 5.41) is 0. The molecule has 0 aliphatic carbocycles. The molecule has 0 saturated carbocycles. The molecule has 0 aliphatic rings. The minimum atomic E-state index is 0.604. The number of rotatable bonds is 4. The monoisotopic (exact) mass is 178 g/mol. The molecule has 70 valence electrons. The van der Waals surface area contributed by atoms with Crippen molar-refractivity contribution in [1.82, 2.24) is 4.98 Å². The second-order valence-corrected chi connectivity index (χ2v) is 2.73. The molecular formula is C10H14N2O. The highest BCUT2D eigenvalue weighted by Crippen LogP contribution is 2.15. The number of hydrogen-bond acceptors (Lipinski definition) is 3. The van der Waals surface area contributed by atoms with Gasteiger partial charge in [-0.15, -0.1) is 0 Å². The largest absolute Gasteiger partial charge is 0.495 e. The average Bonchev–Trinajstić information content (AvgIpc) is 2.18. The van der Waals surface area contributed by atoms with Crippen molar-refractivity contribution in [1.29, 1.82) is 0 Å². The Kier molecular flexibility index (Phi) is 3.46. The Morgan fingerprint density at radius 2 is 2.38 bits per heavy atom. The number of pyridine rings is 1. The van der Waals surface area contributed by atoms with Gasteiger partial charge >= 0.3 is 0 Å². The predicted molar refractivity (Wildman–Crippen MR) is 53.5 cm³/mol. The van der Waals surface area contributed by atoms with E-state index >= 15 is 0 Å². The highest BCUT2D eigenvalue weighted by Gasteiger charge is 1.99. The van der Waals surface area contributed by atoms with Crippen LogP contribution in [-0.4, -0.2) is 18.6 Å². The fourth-order valence-electron chi connectivity index (χ4n) is 1.01. The maximum absolute atomic E-state index is 5.41. The molecule has 0 aliphatic heterocycles. The second-order valence-electron chi connectivity index (χ2n) is 2.73. The van der Waals surface area contributed by atoms with Gasteiger partial charge in [0.25, 0.3) is 0 Å². The van der Waals surface area contributed by atoms with Gasteiger partial charge in [-0.3, -0.25) is 4.98 Å². The maximum Gasteiger partial charge on any atom is 0.137 e. The fourth-order valence-corrected chi connectivity index (χ4v) is 1.01. The molecule has 0 unspecified atom stereocenters. The van der Waals surface area contributed by atoms with Crippen LogP contribution < -0.4 is 10.5 Å². The molecule has 3 nitrogen and oxygen atoms in total. The van der Waals surface area contributed by atoms with E-state index < -0.39 is 0 Å². The van der Waals surface area contributed by atoms with Crippen LogP contribution in [0.25, 0.3) is 5.57 Å². The summed E-state index contributed by atoms with van der Waals surface area (Å²) in [7, 11) is 1.62. The second kappa shape index (κ2) is 4.62. The molecule has 3 heteroatoms. The van der Waals surface area contributed by atoms with E-state index in [1.807, 2.05) is 12.1 Å². The lowest BCUT2D eigenvalue weighted by molar-refractivity contribution is 0.413. The lowest BCUT2D eigenvalue weighted by Gasteiger charge is -2.04. The normalized spacial score (nSPS) is 9.69. The Morgan fingerprint density at radius 3 is 2.85 bits per heavy atom. The van der Waals surface area contributed by atoms with Gasteiger partial charge in [0.15, 0.2) is 0 Å². The third-order valence-corrected chi connectivity index (χ3v) is 1.78. The zero-order valence-electron chi connectivity index (χ0n) is 7.79. The van der Waals surface area contributed by atoms with Crippen molar-refractivity contribution in [2.24, 2.45) is 5.73 Å². The van der Waals surface area contributed by atoms with Gasteiger partial charge in [-0.2, -0.15) is 0 Å². The van der Waals surface area contributed by atoms with Crippen LogP contribution in [0.4, 0.5) is 0 Å². The predicted octanol–water partition coefficient (Wildman–Crippen LogP) is 1.45. The lowest BCUT2D eigenvalue weighted by Crippen LogP contribution is -2.00. The van der Waals surface area contributed by atoms with E-state index in [2.05, 4.69) is 11.6 Å². The Bertz CT molecular complexity index is 279. The van der Waals surface area contributed by atoms with Crippen LogP contribution in [-0.2, 0) is 0 Å². The molecule has 1 aromatic heterocycles. The van der Waals surface area contributed by atoms with Gasteiger partial charge in [-0.1, -0.05) is 6.58 Å². The van der Waals surface area contributed by atoms with E-state index in [0.29, 0.717) is 6.54 Å². The van der Waals surface area contributed by atoms with Gasteiger partial charge in [0.05, 0.1) is 19.0 Å². The molecule has 13 heavy (non-hydrogen) atoms. The standard InChI is InChI=1S/C10H14N2O/c1-8(5-6-11)10-4-3-9(13-2)7-12-10/h3-4,7H,1,5-6,11H2,2H3. The van der Waals surface area contributed by atoms with Crippen molar-refractivity contribution in [2.45, 2.75) is 6.42 Å². The average molecular weight is 178 g/mol. The summed E-state index contributed by atoms with van der Waals surface area (Å²) in [5.41, 5.74) is 7.25. The van der Waals surface area contributed by atoms with E-state index in [9.17, 15) is 0 Å². The zero-order chi connectivity index (χ0) is 9.68. The molecule has 0 amide bonds. The van der Waals surface area contributed by atoms with Crippen molar-refractivity contribution in [2.75, 3.05) is 13.7 Å². The van der Waals surface area contributed by atoms with Gasteiger partial charge in [0.1, 0.15) is 5.75 Å². The summed E-state index contributed by atoms with van der Waals surface area (Å²) in [5.74, 6) is 0.754. The summed E-state index contributed by atoms with van der Waals surface area (Å²) in [4.78, 5) is 4.19. The molecule has 0 radical (unpaired) electrons. The van der Waals surface area contributed by atoms with Gasteiger partial charge in [0.2, 0.25) is 0 Å². The summed E-state index contributed by atoms with van der Waals surface area (Å²) < 4.78 is 4.99. The summed E-state index contributed by atoms with van der Waals surface area (Å²) in [6.07, 6.45) is 2.45. The number of methoxy groups -OCH3 is 1. The third-order valence-electron chi connectivity index (χ3n) is 1.78. The first-order chi connectivity index (χ1) is 6.27. The number of nitrogens with two attached hydrogens (primary N) is 1. The number of nitrogens with zero attached hydrogens (tertiary/aromatic N) is 1. The van der Waals surface area contributed by atoms with E-state index in [4.69, 9.17) is 10.5 Å². The molecular weight excluding hydrogens is 164 g/mol. The molecule has 0 saturated heterocycles. The van der Waals surface area contributed by atoms with E-state index in [1.165, 1.54) is 0 Å². The van der Waals surface area contributed by atoms with Crippen LogP contribution in [0.1, 0.15) is 12.1 Å². The van der Waals surface area contributed by atoms with Gasteiger partial charge in [-0.25, -0.2) is 0 Å². The van der Waals surface area contributed by atoms with Crippen molar-refractivity contribution < 1.29 is 4.74 Å². The van der Waals surface area contributed by atoms with Gasteiger partial charge in [0, 0.05) is 0 Å². The highest BCUT2D eigenvalue weighted by atomic mass is 16.5. The quantitative estimate of drug-likeness (QED) is 0.759. The number of ether oxygens (including phenoxy) is 1. The van der Waals surface area contributed by atoms with E-state index in [0.717, 1.165) is 23.4 Å². The molecule has 1 heterocycles. The Labute approximate surface area is 78.2 Å². The van der Waals surface area contributed by atoms with Crippen molar-refractivity contribution >= 4 is 5.57 Å². The SMILES string of the molecule is C=C(CCN)c1ccc(OC)cn1. The van der Waals surface area contributed by atoms with Crippen LogP contribution in [0.2, 0.25) is 0 Å². The van der Waals surface area contributed by atoms with Gasteiger partial charge in [-0.05, 0) is 30.7 Å². The van der Waals surface area contributed by atoms with Crippen LogP contribution in [0.3, 0.4) is 0 Å². The first-order valence-corrected chi connectivity index (χ1v) is 4.16. The van der Waals surface area contributed by atoms with Crippen molar-refractivity contribution in [3.63, 3.8) is 0 Å². The molecule has 0 fully saturated rings. The highest BCUT2D eigenvalue weighted by molar-refractivity contribution is 5.60. The maximum atomic E-state index is 5.41. The minimum Gasteiger partial charge on any atom is -0.495 e. The first-order valence-electron chi connectivity index (χ1n) is 4.16. The Morgan fingerprint density at radius 1 is 1.62 bits per heavy atom. The van der Waals surface area contributed by atoms with E-state index in [1.54, 1.807) is 13.3 Å². The lowest BCUT2D eigenvalue weighted by atomic mass is 10.1. The summed E-state index contributed by atoms with van der Waals surface area (Å²) in [6.45, 7) is 4.49. The molecule has 1 rings (SSSR count). The Hall–Kier alpha value is -1.35. The number of aromatic nitrogens is 1. The molecule has 0 bridgehead atoms. The summed E-state index contributed by atoms with van der Waals surface area (Å²) in [6, 6.07) is 3.75. The smallest absolute Gasteiger partial charge is 0.137 e. The fraction of sp³-hybridized carbons (Fsp3) is 0.300. The van der Waals surface area contributed by atoms with Crippen LogP contribution >= 0.6 is 0 Å². The molecule has 2 N–H and O–H groups in total. The van der Waals surface area contributed by atoms with Crippen molar-refractivity contribution in [3.05, 3.63) is 30.6 Å². The summed E-state index contributed by atoms with van der Waals surface area (Å²) >= 11 is 0. The van der Waals surface area contributed by atoms with Crippen molar-refractivity contribution in [3.8, 4) is 5.75 Å². The zero-order valence-corrected chi connectivity index (χ0v) is 7.79. The molecule has 0 aromatic carbocycles. The van der Waals surface area contributed by atoms with Crippen LogP contribution in [0, 0.1) is 0 Å². The molecule has 1 aromatic rings. The Balaban J connectivity index is 2.74. The number of hydrogen-bond donors (Lipinski definition) is 1. The van der Waals surface area contributed by atoms with Crippen LogP contribution in [0.15, 0.2) is 24.9 Å². The topological polar surface area (TPSA) is 48.1 Å². The van der Waals surface area contributed by atoms with Gasteiger partial charge < -0.3 is 10.5 Å². The van der Waals surface area contributed by atoms with E-state index in [-0.39, 0.29) is 0 Å². The molecule has 0 spiro atoms. The molecule has 0 atom stereocenters. The minimum absolute atomic E-state index is 0.604. The first kappa shape index (κ1) is 9.74. The third kappa shape index (κ3) is 2.56.